The molecule has 1 aliphatic rings. The molecule has 0 saturated carbocycles. The molecule has 1 unspecified atom stereocenters. The Morgan fingerprint density at radius 2 is 1.93 bits per heavy atom. The minimum atomic E-state index is -4.76. The van der Waals surface area contributed by atoms with E-state index in [0.29, 0.717) is 23.4 Å². The monoisotopic (exact) mass is 434 g/mol. The smallest absolute Gasteiger partial charge is 0.307 e. The molecule has 156 valence electrons. The van der Waals surface area contributed by atoms with Gasteiger partial charge in [-0.25, -0.2) is 9.37 Å². The van der Waals surface area contributed by atoms with Gasteiger partial charge in [0.15, 0.2) is 10.8 Å². The van der Waals surface area contributed by atoms with Crippen LogP contribution in [-0.4, -0.2) is 15.6 Å². The lowest BCUT2D eigenvalue weighted by Crippen LogP contribution is -2.43. The Balaban J connectivity index is 2.16. The highest BCUT2D eigenvalue weighted by Gasteiger charge is 2.48. The quantitative estimate of drug-likeness (QED) is 0.457. The summed E-state index contributed by atoms with van der Waals surface area (Å²) in [6, 6.07) is 6.94. The Morgan fingerprint density at radius 3 is 2.47 bits per heavy atom. The maximum absolute atomic E-state index is 14.2. The summed E-state index contributed by atoms with van der Waals surface area (Å²) >= 11 is 5.59. The van der Waals surface area contributed by atoms with Crippen LogP contribution in [0.15, 0.2) is 42.7 Å². The number of rotatable bonds is 3. The predicted octanol–water partition coefficient (Wildman–Crippen LogP) is 5.71. The molecule has 1 saturated heterocycles. The van der Waals surface area contributed by atoms with Crippen molar-refractivity contribution in [1.82, 2.24) is 4.98 Å². The summed E-state index contributed by atoms with van der Waals surface area (Å²) in [4.78, 5) is 6.74. The standard InChI is InChI=1S/C21H18F4N4S/c1-5-20(4)13(3)28(15-8-16(21(23,24)25)18(10-26)27-11-15)19(30)29(20)14-7-6-12(2)17(22)9-14/h6-9,11H,3,5H2,1-2,4H3. The van der Waals surface area contributed by atoms with E-state index in [-0.39, 0.29) is 10.8 Å². The highest BCUT2D eigenvalue weighted by Crippen LogP contribution is 2.44. The van der Waals surface area contributed by atoms with E-state index < -0.39 is 28.8 Å². The molecular formula is C21H18F4N4S. The number of nitriles is 1. The second-order valence-corrected chi connectivity index (χ2v) is 7.53. The van der Waals surface area contributed by atoms with Crippen LogP contribution in [-0.2, 0) is 6.18 Å². The molecular weight excluding hydrogens is 416 g/mol. The van der Waals surface area contributed by atoms with E-state index in [9.17, 15) is 17.6 Å². The van der Waals surface area contributed by atoms with Gasteiger partial charge in [-0.15, -0.1) is 0 Å². The SMILES string of the molecule is C=C1N(c2cnc(C#N)c(C(F)(F)F)c2)C(=S)N(c2ccc(C)c(F)c2)C1(C)CC. The average molecular weight is 434 g/mol. The Bertz CT molecular complexity index is 1090. The van der Waals surface area contributed by atoms with Gasteiger partial charge in [0.2, 0.25) is 0 Å². The van der Waals surface area contributed by atoms with Gasteiger partial charge < -0.3 is 4.90 Å². The zero-order valence-corrected chi connectivity index (χ0v) is 17.3. The fourth-order valence-corrected chi connectivity index (χ4v) is 3.94. The van der Waals surface area contributed by atoms with Crippen LogP contribution in [0.3, 0.4) is 0 Å². The molecule has 0 amide bonds. The summed E-state index contributed by atoms with van der Waals surface area (Å²) in [5.41, 5.74) is -1.29. The summed E-state index contributed by atoms with van der Waals surface area (Å²) in [6.07, 6.45) is -3.10. The molecule has 1 aromatic carbocycles. The molecule has 4 nitrogen and oxygen atoms in total. The second kappa shape index (κ2) is 7.36. The number of pyridine rings is 1. The zero-order valence-electron chi connectivity index (χ0n) is 16.5. The Labute approximate surface area is 177 Å². The number of anilines is 2. The lowest BCUT2D eigenvalue weighted by atomic mass is 9.93. The number of benzene rings is 1. The number of aryl methyl sites for hydroxylation is 1. The number of hydrogen-bond donors (Lipinski definition) is 0. The molecule has 0 spiro atoms. The molecule has 3 rings (SSSR count). The Hall–Kier alpha value is -2.99. The van der Waals surface area contributed by atoms with E-state index >= 15 is 0 Å². The normalized spacial score (nSPS) is 19.4. The van der Waals surface area contributed by atoms with Crippen LogP contribution < -0.4 is 9.80 Å². The minimum Gasteiger partial charge on any atom is -0.307 e. The van der Waals surface area contributed by atoms with E-state index in [4.69, 9.17) is 17.5 Å². The molecule has 30 heavy (non-hydrogen) atoms. The van der Waals surface area contributed by atoms with E-state index in [1.807, 2.05) is 13.8 Å². The molecule has 0 radical (unpaired) electrons. The highest BCUT2D eigenvalue weighted by molar-refractivity contribution is 7.80. The van der Waals surface area contributed by atoms with E-state index in [0.717, 1.165) is 12.3 Å². The van der Waals surface area contributed by atoms with Crippen molar-refractivity contribution >= 4 is 28.7 Å². The Morgan fingerprint density at radius 1 is 1.27 bits per heavy atom. The maximum Gasteiger partial charge on any atom is 0.419 e. The van der Waals surface area contributed by atoms with E-state index in [1.165, 1.54) is 17.0 Å². The van der Waals surface area contributed by atoms with Crippen molar-refractivity contribution < 1.29 is 17.6 Å². The van der Waals surface area contributed by atoms with E-state index in [2.05, 4.69) is 11.6 Å². The predicted molar refractivity (Wildman–Crippen MR) is 110 cm³/mol. The van der Waals surface area contributed by atoms with Gasteiger partial charge in [-0.2, -0.15) is 18.4 Å². The van der Waals surface area contributed by atoms with Crippen molar-refractivity contribution in [1.29, 1.82) is 5.26 Å². The molecule has 9 heteroatoms. The molecule has 1 aliphatic heterocycles. The summed E-state index contributed by atoms with van der Waals surface area (Å²) in [6.45, 7) is 9.41. The van der Waals surface area contributed by atoms with Crippen molar-refractivity contribution in [3.05, 3.63) is 65.4 Å². The first-order chi connectivity index (χ1) is 14.0. The number of nitrogens with zero attached hydrogens (tertiary/aromatic N) is 4. The van der Waals surface area contributed by atoms with Crippen LogP contribution in [0.4, 0.5) is 28.9 Å². The Kier molecular flexibility index (Phi) is 5.33. The summed E-state index contributed by atoms with van der Waals surface area (Å²) in [7, 11) is 0. The van der Waals surface area contributed by atoms with Crippen LogP contribution in [0.1, 0.15) is 37.1 Å². The summed E-state index contributed by atoms with van der Waals surface area (Å²) in [5.74, 6) is -0.419. The first kappa shape index (κ1) is 21.7. The fourth-order valence-electron chi connectivity index (χ4n) is 3.42. The number of alkyl halides is 3. The van der Waals surface area contributed by atoms with Gasteiger partial charge in [0, 0.05) is 11.4 Å². The van der Waals surface area contributed by atoms with Crippen LogP contribution in [0, 0.1) is 24.1 Å². The van der Waals surface area contributed by atoms with Crippen LogP contribution in [0.25, 0.3) is 0 Å². The molecule has 2 aromatic rings. The molecule has 2 heterocycles. The van der Waals surface area contributed by atoms with Gasteiger partial charge in [0.1, 0.15) is 11.9 Å². The number of thiocarbonyl (C=S) groups is 1. The topological polar surface area (TPSA) is 43.2 Å². The van der Waals surface area contributed by atoms with Crippen molar-refractivity contribution in [2.24, 2.45) is 0 Å². The molecule has 1 atom stereocenters. The molecule has 0 aliphatic carbocycles. The van der Waals surface area contributed by atoms with Gasteiger partial charge in [-0.05, 0) is 56.2 Å². The molecule has 0 N–H and O–H groups in total. The van der Waals surface area contributed by atoms with Crippen molar-refractivity contribution in [3.63, 3.8) is 0 Å². The van der Waals surface area contributed by atoms with Gasteiger partial charge in [0.05, 0.1) is 23.0 Å². The average Bonchev–Trinajstić information content (AvgIpc) is 2.89. The first-order valence-corrected chi connectivity index (χ1v) is 9.43. The lowest BCUT2D eigenvalue weighted by molar-refractivity contribution is -0.138. The largest absolute Gasteiger partial charge is 0.419 e. The molecule has 1 fully saturated rings. The highest BCUT2D eigenvalue weighted by atomic mass is 32.1. The van der Waals surface area contributed by atoms with Gasteiger partial charge in [0.25, 0.3) is 0 Å². The number of hydrogen-bond acceptors (Lipinski definition) is 3. The van der Waals surface area contributed by atoms with E-state index in [1.54, 1.807) is 24.0 Å². The minimum absolute atomic E-state index is 0.0334. The van der Waals surface area contributed by atoms with Gasteiger partial charge >= 0.3 is 6.18 Å². The van der Waals surface area contributed by atoms with Crippen molar-refractivity contribution in [2.45, 2.75) is 38.9 Å². The third-order valence-corrected chi connectivity index (χ3v) is 5.78. The fraction of sp³-hybridized carbons (Fsp3) is 0.286. The summed E-state index contributed by atoms with van der Waals surface area (Å²) in [5, 5.41) is 9.13. The number of aromatic nitrogens is 1. The molecule has 0 bridgehead atoms. The third kappa shape index (κ3) is 3.31. The summed E-state index contributed by atoms with van der Waals surface area (Å²) < 4.78 is 54.5. The van der Waals surface area contributed by atoms with Crippen LogP contribution >= 0.6 is 12.2 Å². The maximum atomic E-state index is 14.2. The van der Waals surface area contributed by atoms with Gasteiger partial charge in [-0.3, -0.25) is 4.90 Å². The third-order valence-electron chi connectivity index (χ3n) is 5.41. The molecule has 1 aromatic heterocycles. The van der Waals surface area contributed by atoms with Crippen LogP contribution in [0.5, 0.6) is 0 Å². The van der Waals surface area contributed by atoms with Crippen molar-refractivity contribution in [3.8, 4) is 6.07 Å². The number of halogens is 4. The second-order valence-electron chi connectivity index (χ2n) is 7.16. The van der Waals surface area contributed by atoms with Crippen molar-refractivity contribution in [2.75, 3.05) is 9.80 Å². The van der Waals surface area contributed by atoms with Crippen LogP contribution in [0.2, 0.25) is 0 Å². The van der Waals surface area contributed by atoms with Gasteiger partial charge in [-0.1, -0.05) is 19.6 Å². The zero-order chi connectivity index (χ0) is 22.4. The first-order valence-electron chi connectivity index (χ1n) is 9.03. The lowest BCUT2D eigenvalue weighted by Gasteiger charge is -2.34.